The van der Waals surface area contributed by atoms with Gasteiger partial charge in [-0.2, -0.15) is 0 Å². The van der Waals surface area contributed by atoms with Crippen LogP contribution in [0.2, 0.25) is 0 Å². The number of nitrogens with zero attached hydrogens (tertiary/aromatic N) is 2. The van der Waals surface area contributed by atoms with Crippen molar-refractivity contribution in [1.82, 2.24) is 4.98 Å². The molecule has 1 aromatic heterocycles. The minimum atomic E-state index is -0.467. The lowest BCUT2D eigenvalue weighted by Gasteiger charge is -2.23. The van der Waals surface area contributed by atoms with Crippen molar-refractivity contribution >= 4 is 11.7 Å². The number of carbonyl (C=O) groups is 1. The van der Waals surface area contributed by atoms with Gasteiger partial charge in [0.1, 0.15) is 5.82 Å². The molecule has 1 amide bonds. The van der Waals surface area contributed by atoms with Crippen molar-refractivity contribution in [3.63, 3.8) is 0 Å². The van der Waals surface area contributed by atoms with E-state index in [1.165, 1.54) is 11.8 Å². The third-order valence-corrected chi connectivity index (χ3v) is 3.44. The van der Waals surface area contributed by atoms with Gasteiger partial charge in [0.25, 0.3) is 0 Å². The number of hydrogen-bond donors (Lipinski definition) is 2. The summed E-state index contributed by atoms with van der Waals surface area (Å²) in [5, 5.41) is 0. The van der Waals surface area contributed by atoms with E-state index in [9.17, 15) is 4.79 Å². The minimum Gasteiger partial charge on any atom is -0.366 e. The number of primary amides is 1. The first-order valence-electron chi connectivity index (χ1n) is 6.93. The number of aromatic nitrogens is 1. The number of nitrogens with two attached hydrogens (primary N) is 2. The van der Waals surface area contributed by atoms with Crippen molar-refractivity contribution in [2.75, 3.05) is 11.4 Å². The van der Waals surface area contributed by atoms with Crippen LogP contribution in [0.1, 0.15) is 28.4 Å². The Hall–Kier alpha value is -2.40. The summed E-state index contributed by atoms with van der Waals surface area (Å²) < 4.78 is 0. The van der Waals surface area contributed by atoms with Crippen LogP contribution in [0.25, 0.3) is 0 Å². The fourth-order valence-electron chi connectivity index (χ4n) is 2.19. The molecule has 5 nitrogen and oxygen atoms in total. The lowest BCUT2D eigenvalue weighted by atomic mass is 10.1. The van der Waals surface area contributed by atoms with Gasteiger partial charge in [0.05, 0.1) is 5.56 Å². The molecule has 1 heterocycles. The smallest absolute Gasteiger partial charge is 0.250 e. The molecule has 4 N–H and O–H groups in total. The Morgan fingerprint density at radius 2 is 1.90 bits per heavy atom. The Balaban J connectivity index is 2.21. The predicted octanol–water partition coefficient (Wildman–Crippen LogP) is 1.67. The molecule has 5 heteroatoms. The second-order valence-corrected chi connectivity index (χ2v) is 4.76. The zero-order chi connectivity index (χ0) is 15.2. The maximum absolute atomic E-state index is 11.1. The van der Waals surface area contributed by atoms with Gasteiger partial charge in [-0.1, -0.05) is 24.3 Å². The van der Waals surface area contributed by atoms with Crippen molar-refractivity contribution in [2.45, 2.75) is 20.0 Å². The predicted molar refractivity (Wildman–Crippen MR) is 83.8 cm³/mol. The lowest BCUT2D eigenvalue weighted by Crippen LogP contribution is -2.24. The van der Waals surface area contributed by atoms with Gasteiger partial charge < -0.3 is 16.4 Å². The highest BCUT2D eigenvalue weighted by atomic mass is 16.1. The molecule has 0 aliphatic heterocycles. The zero-order valence-corrected chi connectivity index (χ0v) is 12.1. The van der Waals surface area contributed by atoms with Gasteiger partial charge in [-0.3, -0.25) is 4.79 Å². The van der Waals surface area contributed by atoms with Crippen LogP contribution in [-0.4, -0.2) is 17.4 Å². The van der Waals surface area contributed by atoms with Crippen molar-refractivity contribution in [1.29, 1.82) is 0 Å². The Labute approximate surface area is 124 Å². The second kappa shape index (κ2) is 6.85. The first kappa shape index (κ1) is 15.0. The molecule has 0 saturated carbocycles. The van der Waals surface area contributed by atoms with Crippen LogP contribution in [0.4, 0.5) is 5.82 Å². The van der Waals surface area contributed by atoms with Gasteiger partial charge in [0, 0.05) is 25.8 Å². The summed E-state index contributed by atoms with van der Waals surface area (Å²) in [5.74, 6) is 0.347. The van der Waals surface area contributed by atoms with Gasteiger partial charge >= 0.3 is 0 Å². The molecule has 0 bridgehead atoms. The quantitative estimate of drug-likeness (QED) is 0.845. The summed E-state index contributed by atoms with van der Waals surface area (Å²) in [6.45, 7) is 4.12. The van der Waals surface area contributed by atoms with E-state index in [-0.39, 0.29) is 0 Å². The molecular weight excluding hydrogens is 264 g/mol. The number of rotatable bonds is 6. The van der Waals surface area contributed by atoms with E-state index in [2.05, 4.69) is 22.9 Å². The van der Waals surface area contributed by atoms with Gasteiger partial charge in [-0.25, -0.2) is 4.98 Å². The van der Waals surface area contributed by atoms with Gasteiger partial charge in [0.15, 0.2) is 0 Å². The maximum Gasteiger partial charge on any atom is 0.250 e. The third-order valence-electron chi connectivity index (χ3n) is 3.44. The number of hydrogen-bond acceptors (Lipinski definition) is 4. The number of benzene rings is 1. The molecule has 0 aliphatic rings. The number of pyridine rings is 1. The van der Waals surface area contributed by atoms with Crippen molar-refractivity contribution in [2.24, 2.45) is 11.5 Å². The first-order chi connectivity index (χ1) is 10.2. The molecule has 0 aliphatic carbocycles. The molecule has 0 saturated heterocycles. The van der Waals surface area contributed by atoms with E-state index in [1.807, 2.05) is 24.3 Å². The highest BCUT2D eigenvalue weighted by Gasteiger charge is 2.10. The first-order valence-corrected chi connectivity index (χ1v) is 6.93. The average Bonchev–Trinajstić information content (AvgIpc) is 2.53. The lowest BCUT2D eigenvalue weighted by molar-refractivity contribution is 0.1000. The molecular formula is C16H20N4O. The molecule has 2 aromatic rings. The van der Waals surface area contributed by atoms with Crippen LogP contribution in [0.3, 0.4) is 0 Å². The largest absolute Gasteiger partial charge is 0.366 e. The monoisotopic (exact) mass is 284 g/mol. The molecule has 0 fully saturated rings. The summed E-state index contributed by atoms with van der Waals surface area (Å²) >= 11 is 0. The summed E-state index contributed by atoms with van der Waals surface area (Å²) in [6, 6.07) is 11.6. The van der Waals surface area contributed by atoms with Crippen molar-refractivity contribution in [3.05, 3.63) is 59.3 Å². The summed E-state index contributed by atoms with van der Waals surface area (Å²) in [5.41, 5.74) is 13.7. The van der Waals surface area contributed by atoms with Crippen LogP contribution >= 0.6 is 0 Å². The van der Waals surface area contributed by atoms with Crippen LogP contribution in [0, 0.1) is 0 Å². The third kappa shape index (κ3) is 3.58. The normalized spacial score (nSPS) is 10.4. The SMILES string of the molecule is CCN(Cc1ccccc1CN)c1ccc(C(N)=O)cn1. The molecule has 2 rings (SSSR count). The molecule has 110 valence electrons. The topological polar surface area (TPSA) is 85.2 Å². The fourth-order valence-corrected chi connectivity index (χ4v) is 2.19. The Bertz CT molecular complexity index is 610. The van der Waals surface area contributed by atoms with Crippen LogP contribution in [0.5, 0.6) is 0 Å². The standard InChI is InChI=1S/C16H20N4O/c1-2-20(11-14-6-4-3-5-12(14)9-17)15-8-7-13(10-19-15)16(18)21/h3-8,10H,2,9,11,17H2,1H3,(H2,18,21). The van der Waals surface area contributed by atoms with Gasteiger partial charge in [-0.15, -0.1) is 0 Å². The Morgan fingerprint density at radius 1 is 1.19 bits per heavy atom. The Kier molecular flexibility index (Phi) is 4.90. The maximum atomic E-state index is 11.1. The molecule has 0 spiro atoms. The fraction of sp³-hybridized carbons (Fsp3) is 0.250. The van der Waals surface area contributed by atoms with Gasteiger partial charge in [-0.05, 0) is 30.2 Å². The number of carbonyl (C=O) groups excluding carboxylic acids is 1. The molecule has 0 radical (unpaired) electrons. The van der Waals surface area contributed by atoms with Gasteiger partial charge in [0.2, 0.25) is 5.91 Å². The highest BCUT2D eigenvalue weighted by Crippen LogP contribution is 2.17. The van der Waals surface area contributed by atoms with Crippen LogP contribution < -0.4 is 16.4 Å². The van der Waals surface area contributed by atoms with E-state index in [0.29, 0.717) is 12.1 Å². The van der Waals surface area contributed by atoms with Crippen molar-refractivity contribution in [3.8, 4) is 0 Å². The van der Waals surface area contributed by atoms with E-state index in [0.717, 1.165) is 24.5 Å². The van der Waals surface area contributed by atoms with E-state index >= 15 is 0 Å². The van der Waals surface area contributed by atoms with Crippen molar-refractivity contribution < 1.29 is 4.79 Å². The number of anilines is 1. The zero-order valence-electron chi connectivity index (χ0n) is 12.1. The number of amides is 1. The molecule has 0 unspecified atom stereocenters. The van der Waals surface area contributed by atoms with E-state index in [1.54, 1.807) is 6.07 Å². The minimum absolute atomic E-state index is 0.414. The highest BCUT2D eigenvalue weighted by molar-refractivity contribution is 5.92. The summed E-state index contributed by atoms with van der Waals surface area (Å²) in [6.07, 6.45) is 1.51. The molecule has 0 atom stereocenters. The Morgan fingerprint density at radius 3 is 2.43 bits per heavy atom. The van der Waals surface area contributed by atoms with E-state index in [4.69, 9.17) is 11.5 Å². The summed E-state index contributed by atoms with van der Waals surface area (Å²) in [4.78, 5) is 17.5. The van der Waals surface area contributed by atoms with Crippen LogP contribution in [-0.2, 0) is 13.1 Å². The average molecular weight is 284 g/mol. The molecule has 1 aromatic carbocycles. The second-order valence-electron chi connectivity index (χ2n) is 4.76. The van der Waals surface area contributed by atoms with Crippen LogP contribution in [0.15, 0.2) is 42.6 Å². The molecule has 21 heavy (non-hydrogen) atoms. The van der Waals surface area contributed by atoms with E-state index < -0.39 is 5.91 Å². The summed E-state index contributed by atoms with van der Waals surface area (Å²) in [7, 11) is 0.